The largest absolute Gasteiger partial charge is 0.332 e. The van der Waals surface area contributed by atoms with E-state index in [4.69, 9.17) is 4.52 Å². The van der Waals surface area contributed by atoms with Gasteiger partial charge in [0.2, 0.25) is 5.56 Å². The van der Waals surface area contributed by atoms with Crippen LogP contribution in [0.25, 0.3) is 11.6 Å². The third kappa shape index (κ3) is 2.63. The standard InChI is InChI=1S/C13H17N5O2/c1-9(18-7-5-14-6-8-18)12-16-13(20-17-12)10-3-2-4-11(19)15-10/h2-4,9,14H,5-8H2,1H3,(H,15,19). The molecule has 2 N–H and O–H groups in total. The molecule has 1 unspecified atom stereocenters. The number of aromatic amines is 1. The number of aromatic nitrogens is 3. The van der Waals surface area contributed by atoms with Crippen LogP contribution in [0, 0.1) is 0 Å². The second-order valence-electron chi connectivity index (χ2n) is 4.85. The maximum absolute atomic E-state index is 11.3. The van der Waals surface area contributed by atoms with Crippen molar-refractivity contribution in [1.29, 1.82) is 0 Å². The number of rotatable bonds is 3. The summed E-state index contributed by atoms with van der Waals surface area (Å²) in [5.41, 5.74) is 0.362. The molecule has 0 radical (unpaired) electrons. The fourth-order valence-electron chi connectivity index (χ4n) is 2.32. The molecule has 0 bridgehead atoms. The lowest BCUT2D eigenvalue weighted by atomic mass is 10.2. The summed E-state index contributed by atoms with van der Waals surface area (Å²) in [5.74, 6) is 0.992. The average Bonchev–Trinajstić information content (AvgIpc) is 2.97. The lowest BCUT2D eigenvalue weighted by Gasteiger charge is -2.30. The normalized spacial score (nSPS) is 18.1. The lowest BCUT2D eigenvalue weighted by molar-refractivity contribution is 0.176. The molecule has 106 valence electrons. The van der Waals surface area contributed by atoms with Gasteiger partial charge in [-0.25, -0.2) is 0 Å². The SMILES string of the molecule is CC(c1noc(-c2cccc(=O)[nH]2)n1)N1CCNCC1. The summed E-state index contributed by atoms with van der Waals surface area (Å²) < 4.78 is 5.24. The number of piperazine rings is 1. The van der Waals surface area contributed by atoms with Crippen molar-refractivity contribution in [3.63, 3.8) is 0 Å². The topological polar surface area (TPSA) is 87.0 Å². The second-order valence-corrected chi connectivity index (χ2v) is 4.85. The first-order valence-electron chi connectivity index (χ1n) is 6.72. The summed E-state index contributed by atoms with van der Waals surface area (Å²) in [5, 5.41) is 7.34. The minimum absolute atomic E-state index is 0.102. The predicted molar refractivity (Wildman–Crippen MR) is 73.2 cm³/mol. The van der Waals surface area contributed by atoms with E-state index in [0.29, 0.717) is 17.4 Å². The van der Waals surface area contributed by atoms with Gasteiger partial charge >= 0.3 is 0 Å². The highest BCUT2D eigenvalue weighted by Gasteiger charge is 2.22. The Kier molecular flexibility index (Phi) is 3.62. The van der Waals surface area contributed by atoms with Gasteiger partial charge in [0.05, 0.1) is 6.04 Å². The van der Waals surface area contributed by atoms with Gasteiger partial charge in [0.25, 0.3) is 5.89 Å². The minimum atomic E-state index is -0.183. The highest BCUT2D eigenvalue weighted by molar-refractivity contribution is 5.45. The fourth-order valence-corrected chi connectivity index (χ4v) is 2.32. The second kappa shape index (κ2) is 5.56. The van der Waals surface area contributed by atoms with Crippen LogP contribution in [-0.2, 0) is 0 Å². The van der Waals surface area contributed by atoms with Gasteiger partial charge in [-0.05, 0) is 13.0 Å². The summed E-state index contributed by atoms with van der Waals surface area (Å²) in [7, 11) is 0. The molecule has 3 rings (SSSR count). The van der Waals surface area contributed by atoms with Crippen LogP contribution in [0.4, 0.5) is 0 Å². The summed E-state index contributed by atoms with van der Waals surface area (Å²) >= 11 is 0. The fraction of sp³-hybridized carbons (Fsp3) is 0.462. The summed E-state index contributed by atoms with van der Waals surface area (Å²) in [6.45, 7) is 5.94. The zero-order valence-corrected chi connectivity index (χ0v) is 11.3. The van der Waals surface area contributed by atoms with E-state index in [9.17, 15) is 4.79 Å². The molecule has 1 atom stereocenters. The Bertz CT molecular complexity index is 629. The molecule has 0 spiro atoms. The first-order valence-corrected chi connectivity index (χ1v) is 6.72. The van der Waals surface area contributed by atoms with Crippen LogP contribution in [0.2, 0.25) is 0 Å². The summed E-state index contributed by atoms with van der Waals surface area (Å²) in [6, 6.07) is 4.96. The Labute approximate surface area is 116 Å². The number of nitrogens with zero attached hydrogens (tertiary/aromatic N) is 3. The van der Waals surface area contributed by atoms with E-state index >= 15 is 0 Å². The van der Waals surface area contributed by atoms with Crippen molar-refractivity contribution < 1.29 is 4.52 Å². The van der Waals surface area contributed by atoms with Crippen molar-refractivity contribution in [3.05, 3.63) is 34.4 Å². The van der Waals surface area contributed by atoms with Crippen LogP contribution in [0.15, 0.2) is 27.5 Å². The number of pyridine rings is 1. The zero-order chi connectivity index (χ0) is 13.9. The highest BCUT2D eigenvalue weighted by Crippen LogP contribution is 2.20. The number of nitrogens with one attached hydrogen (secondary N) is 2. The van der Waals surface area contributed by atoms with Crippen LogP contribution in [-0.4, -0.2) is 46.2 Å². The van der Waals surface area contributed by atoms with E-state index in [1.165, 1.54) is 6.07 Å². The smallest absolute Gasteiger partial charge is 0.274 e. The molecular weight excluding hydrogens is 258 g/mol. The van der Waals surface area contributed by atoms with Gasteiger partial charge in [0.1, 0.15) is 5.69 Å². The number of H-pyrrole nitrogens is 1. The molecule has 0 aliphatic carbocycles. The first-order chi connectivity index (χ1) is 9.74. The number of hydrogen-bond donors (Lipinski definition) is 2. The highest BCUT2D eigenvalue weighted by atomic mass is 16.5. The van der Waals surface area contributed by atoms with Crippen molar-refractivity contribution in [2.45, 2.75) is 13.0 Å². The first kappa shape index (κ1) is 13.0. The Hall–Kier alpha value is -1.99. The van der Waals surface area contributed by atoms with Crippen LogP contribution in [0.3, 0.4) is 0 Å². The molecule has 0 saturated carbocycles. The van der Waals surface area contributed by atoms with E-state index < -0.39 is 0 Å². The van der Waals surface area contributed by atoms with Gasteiger partial charge in [0.15, 0.2) is 5.82 Å². The molecule has 20 heavy (non-hydrogen) atoms. The molecule has 7 heteroatoms. The van der Waals surface area contributed by atoms with Crippen LogP contribution in [0.1, 0.15) is 18.8 Å². The molecule has 1 fully saturated rings. The van der Waals surface area contributed by atoms with Gasteiger partial charge in [-0.3, -0.25) is 9.69 Å². The van der Waals surface area contributed by atoms with Gasteiger partial charge in [-0.1, -0.05) is 11.2 Å². The van der Waals surface area contributed by atoms with Crippen molar-refractivity contribution >= 4 is 0 Å². The Morgan fingerprint density at radius 2 is 2.15 bits per heavy atom. The molecule has 1 saturated heterocycles. The van der Waals surface area contributed by atoms with Crippen LogP contribution < -0.4 is 10.9 Å². The molecule has 1 aliphatic heterocycles. The van der Waals surface area contributed by atoms with Gasteiger partial charge < -0.3 is 14.8 Å². The Morgan fingerprint density at radius 1 is 1.35 bits per heavy atom. The molecular formula is C13H17N5O2. The molecule has 0 aromatic carbocycles. The van der Waals surface area contributed by atoms with Crippen LogP contribution in [0.5, 0.6) is 0 Å². The third-order valence-electron chi connectivity index (χ3n) is 3.51. The molecule has 7 nitrogen and oxygen atoms in total. The zero-order valence-electron chi connectivity index (χ0n) is 11.3. The van der Waals surface area contributed by atoms with E-state index in [2.05, 4.69) is 32.3 Å². The van der Waals surface area contributed by atoms with E-state index in [1.54, 1.807) is 12.1 Å². The molecule has 3 heterocycles. The Balaban J connectivity index is 1.81. The predicted octanol–water partition coefficient (Wildman–Crippen LogP) is 0.391. The average molecular weight is 275 g/mol. The maximum Gasteiger partial charge on any atom is 0.274 e. The van der Waals surface area contributed by atoms with E-state index in [1.807, 2.05) is 0 Å². The van der Waals surface area contributed by atoms with Gasteiger partial charge in [-0.15, -0.1) is 0 Å². The molecule has 1 aliphatic rings. The monoisotopic (exact) mass is 275 g/mol. The van der Waals surface area contributed by atoms with Gasteiger partial charge in [-0.2, -0.15) is 4.98 Å². The third-order valence-corrected chi connectivity index (χ3v) is 3.51. The molecule has 2 aromatic rings. The quantitative estimate of drug-likeness (QED) is 0.842. The number of hydrogen-bond acceptors (Lipinski definition) is 6. The van der Waals surface area contributed by atoms with Gasteiger partial charge in [0, 0.05) is 32.2 Å². The van der Waals surface area contributed by atoms with Crippen molar-refractivity contribution in [1.82, 2.24) is 25.3 Å². The van der Waals surface area contributed by atoms with Crippen molar-refractivity contribution in [2.24, 2.45) is 0 Å². The lowest BCUT2D eigenvalue weighted by Crippen LogP contribution is -2.44. The van der Waals surface area contributed by atoms with Crippen molar-refractivity contribution in [3.8, 4) is 11.6 Å². The van der Waals surface area contributed by atoms with E-state index in [0.717, 1.165) is 26.2 Å². The summed E-state index contributed by atoms with van der Waals surface area (Å²) in [6.07, 6.45) is 0. The van der Waals surface area contributed by atoms with Crippen molar-refractivity contribution in [2.75, 3.05) is 26.2 Å². The van der Waals surface area contributed by atoms with Crippen LogP contribution >= 0.6 is 0 Å². The molecule has 2 aromatic heterocycles. The minimum Gasteiger partial charge on any atom is -0.332 e. The summed E-state index contributed by atoms with van der Waals surface area (Å²) in [4.78, 5) is 20.7. The maximum atomic E-state index is 11.3. The molecule has 0 amide bonds. The Morgan fingerprint density at radius 3 is 2.90 bits per heavy atom. The van der Waals surface area contributed by atoms with E-state index in [-0.39, 0.29) is 11.6 Å².